The molecule has 0 bridgehead atoms. The molecule has 112 valence electrons. The number of piperidine rings is 1. The monoisotopic (exact) mass is 304 g/mol. The van der Waals surface area contributed by atoms with Gasteiger partial charge in [0.25, 0.3) is 0 Å². The van der Waals surface area contributed by atoms with E-state index in [1.807, 2.05) is 6.92 Å². The second kappa shape index (κ2) is 5.75. The SMILES string of the molecule is CC1CCN(S(=O)(=O)c2cc(F)ccc2F)C(CN)C1. The summed E-state index contributed by atoms with van der Waals surface area (Å²) in [5.41, 5.74) is 5.62. The smallest absolute Gasteiger partial charge is 0.246 e. The fourth-order valence-corrected chi connectivity index (χ4v) is 4.30. The van der Waals surface area contributed by atoms with E-state index in [2.05, 4.69) is 0 Å². The highest BCUT2D eigenvalue weighted by Crippen LogP contribution is 2.29. The normalized spacial score (nSPS) is 24.8. The van der Waals surface area contributed by atoms with E-state index < -0.39 is 26.6 Å². The molecule has 0 amide bonds. The number of nitrogens with two attached hydrogens (primary N) is 1. The van der Waals surface area contributed by atoms with Gasteiger partial charge in [-0.2, -0.15) is 4.31 Å². The van der Waals surface area contributed by atoms with Crippen molar-refractivity contribution in [3.63, 3.8) is 0 Å². The first-order chi connectivity index (χ1) is 9.36. The van der Waals surface area contributed by atoms with Crippen LogP contribution in [0.3, 0.4) is 0 Å². The topological polar surface area (TPSA) is 63.4 Å². The Hall–Kier alpha value is -1.05. The van der Waals surface area contributed by atoms with Crippen molar-refractivity contribution < 1.29 is 17.2 Å². The van der Waals surface area contributed by atoms with Gasteiger partial charge in [-0.3, -0.25) is 0 Å². The van der Waals surface area contributed by atoms with E-state index in [9.17, 15) is 17.2 Å². The maximum absolute atomic E-state index is 13.7. The van der Waals surface area contributed by atoms with Gasteiger partial charge in [-0.15, -0.1) is 0 Å². The second-order valence-corrected chi connectivity index (χ2v) is 7.07. The fourth-order valence-electron chi connectivity index (χ4n) is 2.56. The molecular weight excluding hydrogens is 286 g/mol. The molecule has 1 fully saturated rings. The summed E-state index contributed by atoms with van der Waals surface area (Å²) >= 11 is 0. The van der Waals surface area contributed by atoms with Gasteiger partial charge in [-0.05, 0) is 37.0 Å². The molecule has 2 unspecified atom stereocenters. The first kappa shape index (κ1) is 15.3. The summed E-state index contributed by atoms with van der Waals surface area (Å²) < 4.78 is 53.1. The van der Waals surface area contributed by atoms with Crippen LogP contribution in [0.1, 0.15) is 19.8 Å². The number of rotatable bonds is 3. The van der Waals surface area contributed by atoms with Crippen molar-refractivity contribution in [2.75, 3.05) is 13.1 Å². The van der Waals surface area contributed by atoms with Gasteiger partial charge in [0.15, 0.2) is 0 Å². The van der Waals surface area contributed by atoms with Crippen LogP contribution in [0.4, 0.5) is 8.78 Å². The summed E-state index contributed by atoms with van der Waals surface area (Å²) in [6.07, 6.45) is 1.32. The number of hydrogen-bond donors (Lipinski definition) is 1. The molecule has 2 atom stereocenters. The predicted octanol–water partition coefficient (Wildman–Crippen LogP) is 1.71. The summed E-state index contributed by atoms with van der Waals surface area (Å²) in [5, 5.41) is 0. The molecule has 0 aliphatic carbocycles. The van der Waals surface area contributed by atoms with Crippen molar-refractivity contribution in [2.24, 2.45) is 11.7 Å². The molecule has 2 N–H and O–H groups in total. The van der Waals surface area contributed by atoms with Crippen molar-refractivity contribution in [3.8, 4) is 0 Å². The van der Waals surface area contributed by atoms with Crippen molar-refractivity contribution in [3.05, 3.63) is 29.8 Å². The van der Waals surface area contributed by atoms with Crippen LogP contribution < -0.4 is 5.73 Å². The molecule has 1 aliphatic heterocycles. The Balaban J connectivity index is 2.41. The first-order valence-electron chi connectivity index (χ1n) is 6.53. The van der Waals surface area contributed by atoms with Crippen LogP contribution in [0.15, 0.2) is 23.1 Å². The lowest BCUT2D eigenvalue weighted by molar-refractivity contribution is 0.210. The zero-order valence-corrected chi connectivity index (χ0v) is 12.0. The van der Waals surface area contributed by atoms with Crippen LogP contribution >= 0.6 is 0 Å². The molecular formula is C13H18F2N2O2S. The number of benzene rings is 1. The van der Waals surface area contributed by atoms with E-state index in [0.29, 0.717) is 18.8 Å². The molecule has 1 aromatic rings. The maximum Gasteiger partial charge on any atom is 0.246 e. The average molecular weight is 304 g/mol. The standard InChI is InChI=1S/C13H18F2N2O2S/c1-9-4-5-17(11(6-9)8-16)20(18,19)13-7-10(14)2-3-12(13)15/h2-3,7,9,11H,4-6,8,16H2,1H3. The number of nitrogens with zero attached hydrogens (tertiary/aromatic N) is 1. The highest BCUT2D eigenvalue weighted by molar-refractivity contribution is 7.89. The van der Waals surface area contributed by atoms with Crippen LogP contribution in [0.25, 0.3) is 0 Å². The highest BCUT2D eigenvalue weighted by Gasteiger charge is 2.36. The molecule has 7 heteroatoms. The zero-order chi connectivity index (χ0) is 14.9. The summed E-state index contributed by atoms with van der Waals surface area (Å²) in [7, 11) is -4.06. The molecule has 2 rings (SSSR count). The van der Waals surface area contributed by atoms with E-state index in [0.717, 1.165) is 18.2 Å². The maximum atomic E-state index is 13.7. The third-order valence-corrected chi connectivity index (χ3v) is 5.64. The van der Waals surface area contributed by atoms with Crippen molar-refractivity contribution >= 4 is 10.0 Å². The Kier molecular flexibility index (Phi) is 4.41. The molecule has 1 aromatic carbocycles. The molecule has 20 heavy (non-hydrogen) atoms. The summed E-state index contributed by atoms with van der Waals surface area (Å²) in [6.45, 7) is 2.47. The van der Waals surface area contributed by atoms with Gasteiger partial charge in [0, 0.05) is 19.1 Å². The average Bonchev–Trinajstić information content (AvgIpc) is 2.40. The Morgan fingerprint density at radius 3 is 2.75 bits per heavy atom. The first-order valence-corrected chi connectivity index (χ1v) is 7.97. The minimum atomic E-state index is -4.06. The lowest BCUT2D eigenvalue weighted by atomic mass is 9.94. The quantitative estimate of drug-likeness (QED) is 0.924. The molecule has 1 aliphatic rings. The lowest BCUT2D eigenvalue weighted by Crippen LogP contribution is -2.49. The van der Waals surface area contributed by atoms with Crippen molar-refractivity contribution in [1.29, 1.82) is 0 Å². The third-order valence-electron chi connectivity index (χ3n) is 3.68. The van der Waals surface area contributed by atoms with Gasteiger partial charge in [-0.25, -0.2) is 17.2 Å². The van der Waals surface area contributed by atoms with Gasteiger partial charge in [0.05, 0.1) is 0 Å². The molecule has 0 radical (unpaired) electrons. The van der Waals surface area contributed by atoms with E-state index >= 15 is 0 Å². The number of halogens is 2. The zero-order valence-electron chi connectivity index (χ0n) is 11.2. The van der Waals surface area contributed by atoms with Gasteiger partial charge >= 0.3 is 0 Å². The molecule has 4 nitrogen and oxygen atoms in total. The number of sulfonamides is 1. The van der Waals surface area contributed by atoms with Crippen LogP contribution in [0.2, 0.25) is 0 Å². The second-order valence-electron chi connectivity index (χ2n) is 5.21. The Morgan fingerprint density at radius 2 is 2.10 bits per heavy atom. The number of hydrogen-bond acceptors (Lipinski definition) is 3. The van der Waals surface area contributed by atoms with Gasteiger partial charge in [0.1, 0.15) is 16.5 Å². The van der Waals surface area contributed by atoms with E-state index in [1.165, 1.54) is 4.31 Å². The Labute approximate surface area is 117 Å². The van der Waals surface area contributed by atoms with Crippen molar-refractivity contribution in [1.82, 2.24) is 4.31 Å². The highest BCUT2D eigenvalue weighted by atomic mass is 32.2. The lowest BCUT2D eigenvalue weighted by Gasteiger charge is -2.36. The molecule has 1 saturated heterocycles. The van der Waals surface area contributed by atoms with Crippen molar-refractivity contribution in [2.45, 2.75) is 30.7 Å². The summed E-state index contributed by atoms with van der Waals surface area (Å²) in [6, 6.07) is 2.07. The van der Waals surface area contributed by atoms with Crippen LogP contribution in [-0.4, -0.2) is 31.9 Å². The Bertz CT molecular complexity index is 592. The molecule has 0 aromatic heterocycles. The molecule has 1 heterocycles. The third kappa shape index (κ3) is 2.84. The van der Waals surface area contributed by atoms with E-state index in [1.54, 1.807) is 0 Å². The summed E-state index contributed by atoms with van der Waals surface area (Å²) in [5.74, 6) is -1.35. The Morgan fingerprint density at radius 1 is 1.40 bits per heavy atom. The fraction of sp³-hybridized carbons (Fsp3) is 0.538. The van der Waals surface area contributed by atoms with Crippen LogP contribution in [0, 0.1) is 17.6 Å². The van der Waals surface area contributed by atoms with Crippen LogP contribution in [0.5, 0.6) is 0 Å². The minimum Gasteiger partial charge on any atom is -0.329 e. The van der Waals surface area contributed by atoms with Gasteiger partial charge in [-0.1, -0.05) is 6.92 Å². The van der Waals surface area contributed by atoms with Gasteiger partial charge < -0.3 is 5.73 Å². The summed E-state index contributed by atoms with van der Waals surface area (Å²) in [4.78, 5) is -0.620. The van der Waals surface area contributed by atoms with Gasteiger partial charge in [0.2, 0.25) is 10.0 Å². The van der Waals surface area contributed by atoms with E-state index in [-0.39, 0.29) is 19.1 Å². The predicted molar refractivity (Wildman–Crippen MR) is 71.5 cm³/mol. The molecule has 0 saturated carbocycles. The largest absolute Gasteiger partial charge is 0.329 e. The van der Waals surface area contributed by atoms with Crippen LogP contribution in [-0.2, 0) is 10.0 Å². The minimum absolute atomic E-state index is 0.167. The molecule has 0 spiro atoms. The van der Waals surface area contributed by atoms with E-state index in [4.69, 9.17) is 5.73 Å².